The van der Waals surface area contributed by atoms with E-state index in [9.17, 15) is 0 Å². The summed E-state index contributed by atoms with van der Waals surface area (Å²) in [6.07, 6.45) is 6.51. The number of hydrogen-bond acceptors (Lipinski definition) is 3. The lowest BCUT2D eigenvalue weighted by atomic mass is 9.92. The van der Waals surface area contributed by atoms with Gasteiger partial charge < -0.3 is 5.11 Å². The molecule has 1 aromatic heterocycles. The van der Waals surface area contributed by atoms with E-state index >= 15 is 0 Å². The summed E-state index contributed by atoms with van der Waals surface area (Å²) in [6, 6.07) is 4.18. The molecule has 3 nitrogen and oxygen atoms in total. The van der Waals surface area contributed by atoms with Gasteiger partial charge in [-0.3, -0.25) is 9.88 Å². The van der Waals surface area contributed by atoms with E-state index in [1.807, 2.05) is 18.5 Å². The van der Waals surface area contributed by atoms with Gasteiger partial charge >= 0.3 is 0 Å². The number of piperidine rings is 1. The Morgan fingerprint density at radius 3 is 3.16 bits per heavy atom. The van der Waals surface area contributed by atoms with Gasteiger partial charge in [-0.1, -0.05) is 17.9 Å². The fraction of sp³-hybridized carbons (Fsp3) is 0.562. The first-order valence-corrected chi connectivity index (χ1v) is 7.02. The Hall–Kier alpha value is -1.37. The molecule has 0 radical (unpaired) electrons. The van der Waals surface area contributed by atoms with Gasteiger partial charge in [0.2, 0.25) is 0 Å². The first kappa shape index (κ1) is 14.0. The van der Waals surface area contributed by atoms with E-state index in [0.29, 0.717) is 12.3 Å². The van der Waals surface area contributed by atoms with Crippen LogP contribution in [0.1, 0.15) is 37.7 Å². The first-order valence-electron chi connectivity index (χ1n) is 7.02. The van der Waals surface area contributed by atoms with Gasteiger partial charge in [-0.25, -0.2) is 0 Å². The molecule has 1 aliphatic rings. The minimum atomic E-state index is -0.322. The molecule has 0 aromatic carbocycles. The molecule has 1 N–H and O–H groups in total. The van der Waals surface area contributed by atoms with E-state index in [1.165, 1.54) is 18.4 Å². The van der Waals surface area contributed by atoms with Crippen LogP contribution in [0.4, 0.5) is 0 Å². The van der Waals surface area contributed by atoms with Crippen LogP contribution in [0.25, 0.3) is 0 Å². The Morgan fingerprint density at radius 1 is 1.53 bits per heavy atom. The molecule has 0 bridgehead atoms. The largest absolute Gasteiger partial charge is 0.392 e. The van der Waals surface area contributed by atoms with Gasteiger partial charge in [0, 0.05) is 25.4 Å². The molecular weight excluding hydrogens is 236 g/mol. The average Bonchev–Trinajstić information content (AvgIpc) is 2.45. The van der Waals surface area contributed by atoms with Gasteiger partial charge in [-0.15, -0.1) is 0 Å². The number of aliphatic hydroxyl groups is 1. The van der Waals surface area contributed by atoms with E-state index in [4.69, 9.17) is 5.11 Å². The highest BCUT2D eigenvalue weighted by atomic mass is 16.3. The minimum Gasteiger partial charge on any atom is -0.392 e. The number of likely N-dealkylation sites (tertiary alicyclic amines) is 1. The molecule has 2 heterocycles. The molecule has 1 aliphatic heterocycles. The van der Waals surface area contributed by atoms with Crippen molar-refractivity contribution in [2.45, 2.75) is 38.2 Å². The summed E-state index contributed by atoms with van der Waals surface area (Å²) in [5.41, 5.74) is 1.34. The molecule has 0 unspecified atom stereocenters. The van der Waals surface area contributed by atoms with Gasteiger partial charge in [0.25, 0.3) is 0 Å². The van der Waals surface area contributed by atoms with Crippen LogP contribution in [0.2, 0.25) is 0 Å². The Kier molecular flexibility index (Phi) is 5.38. The summed E-state index contributed by atoms with van der Waals surface area (Å²) in [6.45, 7) is 4.77. The zero-order valence-electron chi connectivity index (χ0n) is 11.5. The maximum absolute atomic E-state index is 9.16. The van der Waals surface area contributed by atoms with Crippen LogP contribution >= 0.6 is 0 Å². The van der Waals surface area contributed by atoms with Gasteiger partial charge in [-0.2, -0.15) is 0 Å². The van der Waals surface area contributed by atoms with Crippen LogP contribution in [0, 0.1) is 11.8 Å². The third-order valence-electron chi connectivity index (χ3n) is 3.49. The van der Waals surface area contributed by atoms with Crippen molar-refractivity contribution < 1.29 is 5.11 Å². The molecule has 0 aliphatic carbocycles. The van der Waals surface area contributed by atoms with Gasteiger partial charge in [0.05, 0.1) is 12.6 Å². The van der Waals surface area contributed by atoms with Crippen molar-refractivity contribution in [2.75, 3.05) is 19.6 Å². The van der Waals surface area contributed by atoms with E-state index < -0.39 is 0 Å². The molecule has 3 heteroatoms. The van der Waals surface area contributed by atoms with E-state index in [2.05, 4.69) is 27.8 Å². The van der Waals surface area contributed by atoms with Crippen molar-refractivity contribution >= 4 is 0 Å². The Morgan fingerprint density at radius 2 is 2.42 bits per heavy atom. The predicted octanol–water partition coefficient (Wildman–Crippen LogP) is 2.04. The van der Waals surface area contributed by atoms with Gasteiger partial charge in [0.15, 0.2) is 0 Å². The van der Waals surface area contributed by atoms with E-state index in [0.717, 1.165) is 19.6 Å². The lowest BCUT2D eigenvalue weighted by molar-refractivity contribution is 0.200. The van der Waals surface area contributed by atoms with E-state index in [-0.39, 0.29) is 6.10 Å². The van der Waals surface area contributed by atoms with Crippen molar-refractivity contribution in [1.82, 2.24) is 9.88 Å². The van der Waals surface area contributed by atoms with Crippen LogP contribution < -0.4 is 0 Å². The van der Waals surface area contributed by atoms with Crippen LogP contribution in [0.3, 0.4) is 0 Å². The summed E-state index contributed by atoms with van der Waals surface area (Å²) < 4.78 is 0. The monoisotopic (exact) mass is 258 g/mol. The normalized spacial score (nSPS) is 21.5. The second kappa shape index (κ2) is 7.28. The quantitative estimate of drug-likeness (QED) is 0.843. The molecular formula is C16H22N2O. The highest BCUT2D eigenvalue weighted by molar-refractivity contribution is 5.16. The molecule has 2 rings (SSSR count). The number of pyridine rings is 1. The summed E-state index contributed by atoms with van der Waals surface area (Å²) >= 11 is 0. The SMILES string of the molecule is C[C@@H](O)CC#CCN1CCC[C@H](c2cccnc2)C1. The van der Waals surface area contributed by atoms with Crippen LogP contribution in [-0.2, 0) is 0 Å². The number of hydrogen-bond donors (Lipinski definition) is 1. The van der Waals surface area contributed by atoms with Gasteiger partial charge in [-0.05, 0) is 43.9 Å². The highest BCUT2D eigenvalue weighted by Gasteiger charge is 2.20. The summed E-state index contributed by atoms with van der Waals surface area (Å²) in [5.74, 6) is 6.78. The third-order valence-corrected chi connectivity index (χ3v) is 3.49. The Bertz CT molecular complexity index is 433. The molecule has 1 aromatic rings. The number of nitrogens with zero attached hydrogens (tertiary/aromatic N) is 2. The number of rotatable bonds is 3. The third kappa shape index (κ3) is 4.66. The summed E-state index contributed by atoms with van der Waals surface area (Å²) in [4.78, 5) is 6.60. The van der Waals surface area contributed by atoms with Crippen molar-refractivity contribution in [3.05, 3.63) is 30.1 Å². The lowest BCUT2D eigenvalue weighted by Gasteiger charge is -2.31. The zero-order valence-corrected chi connectivity index (χ0v) is 11.5. The van der Waals surface area contributed by atoms with Crippen LogP contribution in [-0.4, -0.2) is 40.7 Å². The smallest absolute Gasteiger partial charge is 0.0621 e. The standard InChI is InChI=1S/C16H22N2O/c1-14(19)6-2-3-10-18-11-5-8-16(13-18)15-7-4-9-17-12-15/h4,7,9,12,14,16,19H,5-6,8,10-11,13H2,1H3/t14-,16+/m1/s1. The maximum atomic E-state index is 9.16. The lowest BCUT2D eigenvalue weighted by Crippen LogP contribution is -2.34. The number of aromatic nitrogens is 1. The average molecular weight is 258 g/mol. The van der Waals surface area contributed by atoms with Crippen molar-refractivity contribution in [2.24, 2.45) is 0 Å². The molecule has 0 saturated carbocycles. The summed E-state index contributed by atoms with van der Waals surface area (Å²) in [7, 11) is 0. The molecule has 1 saturated heterocycles. The van der Waals surface area contributed by atoms with Crippen molar-refractivity contribution in [3.63, 3.8) is 0 Å². The second-order valence-corrected chi connectivity index (χ2v) is 5.27. The number of aliphatic hydroxyl groups excluding tert-OH is 1. The molecule has 0 amide bonds. The summed E-state index contributed by atoms with van der Waals surface area (Å²) in [5, 5.41) is 9.16. The fourth-order valence-corrected chi connectivity index (χ4v) is 2.48. The van der Waals surface area contributed by atoms with Crippen molar-refractivity contribution in [3.8, 4) is 11.8 Å². The highest BCUT2D eigenvalue weighted by Crippen LogP contribution is 2.25. The molecule has 2 atom stereocenters. The van der Waals surface area contributed by atoms with E-state index in [1.54, 1.807) is 6.92 Å². The van der Waals surface area contributed by atoms with Crippen LogP contribution in [0.15, 0.2) is 24.5 Å². The maximum Gasteiger partial charge on any atom is 0.0621 e. The second-order valence-electron chi connectivity index (χ2n) is 5.27. The molecule has 19 heavy (non-hydrogen) atoms. The minimum absolute atomic E-state index is 0.322. The van der Waals surface area contributed by atoms with Crippen molar-refractivity contribution in [1.29, 1.82) is 0 Å². The fourth-order valence-electron chi connectivity index (χ4n) is 2.48. The Balaban J connectivity index is 1.85. The zero-order chi connectivity index (χ0) is 13.5. The van der Waals surface area contributed by atoms with Gasteiger partial charge in [0.1, 0.15) is 0 Å². The molecule has 0 spiro atoms. The molecule has 102 valence electrons. The first-order chi connectivity index (χ1) is 9.25. The topological polar surface area (TPSA) is 36.4 Å². The molecule has 1 fully saturated rings. The Labute approximate surface area is 115 Å². The van der Waals surface area contributed by atoms with Crippen LogP contribution in [0.5, 0.6) is 0 Å². The predicted molar refractivity (Wildman–Crippen MR) is 76.7 cm³/mol.